The Bertz CT molecular complexity index is 392. The molecule has 2 rings (SSSR count). The van der Waals surface area contributed by atoms with Gasteiger partial charge in [0.25, 0.3) is 5.91 Å². The van der Waals surface area contributed by atoms with Crippen LogP contribution in [0.4, 0.5) is 0 Å². The van der Waals surface area contributed by atoms with Gasteiger partial charge in [0, 0.05) is 32.2 Å². The van der Waals surface area contributed by atoms with Gasteiger partial charge in [0.1, 0.15) is 0 Å². The quantitative estimate of drug-likeness (QED) is 0.893. The molecule has 2 heterocycles. The molecule has 4 nitrogen and oxygen atoms in total. The predicted molar refractivity (Wildman–Crippen MR) is 65.1 cm³/mol. The SMILES string of the molecule is O=C(NCCC1CCOC1)c1cncc(Cl)c1. The van der Waals surface area contributed by atoms with E-state index in [1.165, 1.54) is 12.4 Å². The van der Waals surface area contributed by atoms with E-state index in [4.69, 9.17) is 16.3 Å². The first kappa shape index (κ1) is 12.3. The Kier molecular flexibility index (Phi) is 4.34. The Balaban J connectivity index is 1.77. The van der Waals surface area contributed by atoms with Gasteiger partial charge in [-0.25, -0.2) is 0 Å². The molecule has 1 aliphatic heterocycles. The van der Waals surface area contributed by atoms with Crippen molar-refractivity contribution in [1.29, 1.82) is 0 Å². The molecule has 0 spiro atoms. The zero-order valence-electron chi connectivity index (χ0n) is 9.49. The topological polar surface area (TPSA) is 51.2 Å². The van der Waals surface area contributed by atoms with Gasteiger partial charge in [0.05, 0.1) is 10.6 Å². The summed E-state index contributed by atoms with van der Waals surface area (Å²) < 4.78 is 5.27. The number of carbonyl (C=O) groups excluding carboxylic acids is 1. The van der Waals surface area contributed by atoms with Crippen LogP contribution in [-0.2, 0) is 4.74 Å². The molecule has 1 N–H and O–H groups in total. The highest BCUT2D eigenvalue weighted by Crippen LogP contribution is 2.15. The van der Waals surface area contributed by atoms with E-state index in [1.807, 2.05) is 0 Å². The Morgan fingerprint density at radius 2 is 2.47 bits per heavy atom. The van der Waals surface area contributed by atoms with Gasteiger partial charge in [0.15, 0.2) is 0 Å². The molecule has 0 saturated carbocycles. The molecule has 1 aromatic heterocycles. The van der Waals surface area contributed by atoms with Gasteiger partial charge in [0.2, 0.25) is 0 Å². The molecule has 1 saturated heterocycles. The Labute approximate surface area is 105 Å². The van der Waals surface area contributed by atoms with Gasteiger partial charge in [-0.2, -0.15) is 0 Å². The molecule has 1 unspecified atom stereocenters. The molecule has 0 aromatic carbocycles. The van der Waals surface area contributed by atoms with Crippen LogP contribution in [0.3, 0.4) is 0 Å². The maximum Gasteiger partial charge on any atom is 0.252 e. The molecule has 0 bridgehead atoms. The van der Waals surface area contributed by atoms with Gasteiger partial charge in [-0.05, 0) is 24.8 Å². The summed E-state index contributed by atoms with van der Waals surface area (Å²) in [4.78, 5) is 15.6. The van der Waals surface area contributed by atoms with Gasteiger partial charge in [-0.15, -0.1) is 0 Å². The smallest absolute Gasteiger partial charge is 0.252 e. The summed E-state index contributed by atoms with van der Waals surface area (Å²) in [6.07, 6.45) is 5.07. The van der Waals surface area contributed by atoms with Crippen molar-refractivity contribution < 1.29 is 9.53 Å². The highest BCUT2D eigenvalue weighted by atomic mass is 35.5. The number of nitrogens with one attached hydrogen (secondary N) is 1. The van der Waals surface area contributed by atoms with Crippen LogP contribution < -0.4 is 5.32 Å². The van der Waals surface area contributed by atoms with E-state index in [1.54, 1.807) is 6.07 Å². The highest BCUT2D eigenvalue weighted by molar-refractivity contribution is 6.30. The second-order valence-corrected chi connectivity index (χ2v) is 4.60. The van der Waals surface area contributed by atoms with Crippen LogP contribution in [0.25, 0.3) is 0 Å². The van der Waals surface area contributed by atoms with Crippen molar-refractivity contribution in [2.45, 2.75) is 12.8 Å². The summed E-state index contributed by atoms with van der Waals surface area (Å²) in [7, 11) is 0. The van der Waals surface area contributed by atoms with Crippen LogP contribution in [0.1, 0.15) is 23.2 Å². The molecule has 0 aliphatic carbocycles. The largest absolute Gasteiger partial charge is 0.381 e. The Hall–Kier alpha value is -1.13. The van der Waals surface area contributed by atoms with Crippen molar-refractivity contribution in [1.82, 2.24) is 10.3 Å². The summed E-state index contributed by atoms with van der Waals surface area (Å²) in [5, 5.41) is 3.33. The normalized spacial score (nSPS) is 19.2. The monoisotopic (exact) mass is 254 g/mol. The van der Waals surface area contributed by atoms with Gasteiger partial charge in [-0.1, -0.05) is 11.6 Å². The van der Waals surface area contributed by atoms with E-state index in [9.17, 15) is 4.79 Å². The second kappa shape index (κ2) is 5.98. The fourth-order valence-electron chi connectivity index (χ4n) is 1.84. The van der Waals surface area contributed by atoms with Crippen molar-refractivity contribution in [3.05, 3.63) is 29.0 Å². The Morgan fingerprint density at radius 3 is 3.18 bits per heavy atom. The number of carbonyl (C=O) groups is 1. The standard InChI is InChI=1S/C12H15ClN2O2/c13-11-5-10(6-14-7-11)12(16)15-3-1-9-2-4-17-8-9/h5-7,9H,1-4,8H2,(H,15,16). The van der Waals surface area contributed by atoms with E-state index in [0.717, 1.165) is 26.1 Å². The number of hydrogen-bond donors (Lipinski definition) is 1. The zero-order chi connectivity index (χ0) is 12.1. The van der Waals surface area contributed by atoms with Crippen LogP contribution >= 0.6 is 11.6 Å². The number of nitrogens with zero attached hydrogens (tertiary/aromatic N) is 1. The van der Waals surface area contributed by atoms with Crippen molar-refractivity contribution >= 4 is 17.5 Å². The molecule has 1 amide bonds. The first-order valence-electron chi connectivity index (χ1n) is 5.72. The van der Waals surface area contributed by atoms with Gasteiger partial charge < -0.3 is 10.1 Å². The number of hydrogen-bond acceptors (Lipinski definition) is 3. The number of ether oxygens (including phenoxy) is 1. The average molecular weight is 255 g/mol. The van der Waals surface area contributed by atoms with Crippen molar-refractivity contribution in [2.75, 3.05) is 19.8 Å². The third-order valence-corrected chi connectivity index (χ3v) is 3.04. The first-order chi connectivity index (χ1) is 8.25. The molecule has 92 valence electrons. The second-order valence-electron chi connectivity index (χ2n) is 4.17. The summed E-state index contributed by atoms with van der Waals surface area (Å²) in [6, 6.07) is 1.61. The minimum absolute atomic E-state index is 0.126. The number of pyridine rings is 1. The third-order valence-electron chi connectivity index (χ3n) is 2.83. The summed E-state index contributed by atoms with van der Waals surface area (Å²) >= 11 is 5.77. The van der Waals surface area contributed by atoms with Crippen molar-refractivity contribution in [3.63, 3.8) is 0 Å². The van der Waals surface area contributed by atoms with Crippen LogP contribution in [0.15, 0.2) is 18.5 Å². The van der Waals surface area contributed by atoms with E-state index in [2.05, 4.69) is 10.3 Å². The van der Waals surface area contributed by atoms with Crippen molar-refractivity contribution in [3.8, 4) is 0 Å². The summed E-state index contributed by atoms with van der Waals surface area (Å²) in [5.74, 6) is 0.451. The molecule has 1 aliphatic rings. The average Bonchev–Trinajstić information content (AvgIpc) is 2.82. The Morgan fingerprint density at radius 1 is 1.59 bits per heavy atom. The number of aromatic nitrogens is 1. The maximum atomic E-state index is 11.7. The maximum absolute atomic E-state index is 11.7. The molecular weight excluding hydrogens is 240 g/mol. The lowest BCUT2D eigenvalue weighted by molar-refractivity contribution is 0.0950. The third kappa shape index (κ3) is 3.68. The van der Waals surface area contributed by atoms with E-state index >= 15 is 0 Å². The van der Waals surface area contributed by atoms with E-state index < -0.39 is 0 Å². The number of rotatable bonds is 4. The summed E-state index contributed by atoms with van der Waals surface area (Å²) in [6.45, 7) is 2.32. The van der Waals surface area contributed by atoms with Crippen molar-refractivity contribution in [2.24, 2.45) is 5.92 Å². The fourth-order valence-corrected chi connectivity index (χ4v) is 2.01. The molecule has 1 atom stereocenters. The van der Waals surface area contributed by atoms with Gasteiger partial charge >= 0.3 is 0 Å². The first-order valence-corrected chi connectivity index (χ1v) is 6.10. The van der Waals surface area contributed by atoms with Gasteiger partial charge in [-0.3, -0.25) is 9.78 Å². The molecule has 1 aromatic rings. The molecule has 1 fully saturated rings. The highest BCUT2D eigenvalue weighted by Gasteiger charge is 2.15. The lowest BCUT2D eigenvalue weighted by Gasteiger charge is -2.08. The fraction of sp³-hybridized carbons (Fsp3) is 0.500. The summed E-state index contributed by atoms with van der Waals surface area (Å²) in [5.41, 5.74) is 0.500. The molecular formula is C12H15ClN2O2. The van der Waals surface area contributed by atoms with Crippen LogP contribution in [0, 0.1) is 5.92 Å². The number of halogens is 1. The minimum Gasteiger partial charge on any atom is -0.381 e. The lowest BCUT2D eigenvalue weighted by Crippen LogP contribution is -2.26. The minimum atomic E-state index is -0.126. The lowest BCUT2D eigenvalue weighted by atomic mass is 10.1. The van der Waals surface area contributed by atoms with Crippen LogP contribution in [-0.4, -0.2) is 30.6 Å². The molecule has 0 radical (unpaired) electrons. The predicted octanol–water partition coefficient (Wildman–Crippen LogP) is 1.89. The van der Waals surface area contributed by atoms with E-state index in [0.29, 0.717) is 23.0 Å². The number of amides is 1. The molecule has 5 heteroatoms. The van der Waals surface area contributed by atoms with Crippen LogP contribution in [0.5, 0.6) is 0 Å². The van der Waals surface area contributed by atoms with E-state index in [-0.39, 0.29) is 5.91 Å². The van der Waals surface area contributed by atoms with Crippen LogP contribution in [0.2, 0.25) is 5.02 Å². The zero-order valence-corrected chi connectivity index (χ0v) is 10.2. The molecule has 17 heavy (non-hydrogen) atoms.